The minimum atomic E-state index is -0.832. The number of pyridine rings is 1. The number of aldehydes is 1. The van der Waals surface area contributed by atoms with Gasteiger partial charge in [0, 0.05) is 80.2 Å². The highest BCUT2D eigenvalue weighted by Gasteiger charge is 2.56. The SMILES string of the molecule is Cc1cc(F)c(Nc2nc(-c3ccc4c(c3)N(C3CC(N5CCCCC5)C3)C(=O)C43CCN(C(=O)c4cccc(C5CCN(c6cccc(C=O)c6C(=O)N(C)C6CCC(=O)NC6=O)CC5)c4)CC3)cc3ncn(C(C)C)c23)cc1C. The summed E-state index contributed by atoms with van der Waals surface area (Å²) in [5.74, 6) is -1.04. The first kappa shape index (κ1) is 53.8. The van der Waals surface area contributed by atoms with Gasteiger partial charge in [0.25, 0.3) is 11.8 Å². The fourth-order valence-corrected chi connectivity index (χ4v) is 13.8. The van der Waals surface area contributed by atoms with Gasteiger partial charge in [-0.2, -0.15) is 0 Å². The standard InChI is InChI=1S/C64H71FN10O6/c1-38(2)74-37-66-52-35-50(67-59(58(52)74)68-51-30-40(4)39(3)29-49(51)65)43-15-16-48-55(32-43)75(47-33-46(34-47)71-23-7-6-8-24-71)63(81)64(48)21-27-73(28-22-64)61(79)44-12-9-11-42(31-44)41-19-25-72(26-20-41)53-14-10-13-45(36-76)57(53)62(80)70(5)54-17-18-56(77)69-60(54)78/h9-16,29-32,35-38,41,46-47,54H,6-8,17-28,33-34H2,1-5H3,(H,67,68)(H,69,77,78). The van der Waals surface area contributed by atoms with E-state index in [-0.39, 0.29) is 65.5 Å². The van der Waals surface area contributed by atoms with E-state index >= 15 is 9.18 Å². The highest BCUT2D eigenvalue weighted by Crippen LogP contribution is 2.52. The molecular weight excluding hydrogens is 1020 g/mol. The monoisotopic (exact) mass is 1090 g/mol. The molecule has 1 saturated carbocycles. The summed E-state index contributed by atoms with van der Waals surface area (Å²) in [5.41, 5.74) is 9.00. The van der Waals surface area contributed by atoms with Crippen molar-refractivity contribution in [3.05, 3.63) is 130 Å². The van der Waals surface area contributed by atoms with Crippen LogP contribution < -0.4 is 20.4 Å². The number of amides is 5. The number of aryl methyl sites for hydroxylation is 2. The van der Waals surface area contributed by atoms with Crippen molar-refractivity contribution in [2.75, 3.05) is 61.4 Å². The van der Waals surface area contributed by atoms with Crippen LogP contribution in [0.5, 0.6) is 0 Å². The molecule has 0 radical (unpaired) electrons. The van der Waals surface area contributed by atoms with Crippen LogP contribution in [0.4, 0.5) is 27.3 Å². The van der Waals surface area contributed by atoms with Gasteiger partial charge in [-0.05, 0) is 169 Å². The van der Waals surface area contributed by atoms with Gasteiger partial charge >= 0.3 is 0 Å². The predicted octanol–water partition coefficient (Wildman–Crippen LogP) is 9.79. The van der Waals surface area contributed by atoms with Gasteiger partial charge < -0.3 is 34.4 Å². The molecule has 4 aromatic carbocycles. The quantitative estimate of drug-likeness (QED) is 0.0883. The number of likely N-dealkylation sites (N-methyl/N-ethyl adjacent to an activating group) is 1. The number of hydrogen-bond acceptors (Lipinski definition) is 11. The topological polar surface area (TPSA) is 173 Å². The van der Waals surface area contributed by atoms with E-state index < -0.39 is 23.3 Å². The molecule has 1 spiro atoms. The van der Waals surface area contributed by atoms with Crippen molar-refractivity contribution < 1.29 is 33.2 Å². The molecule has 12 rings (SSSR count). The maximum absolute atomic E-state index is 15.6. The molecule has 81 heavy (non-hydrogen) atoms. The van der Waals surface area contributed by atoms with Crippen molar-refractivity contribution in [2.24, 2.45) is 0 Å². The molecule has 6 aliphatic rings. The lowest BCUT2D eigenvalue weighted by Gasteiger charge is -2.48. The minimum Gasteiger partial charge on any atom is -0.371 e. The third-order valence-electron chi connectivity index (χ3n) is 18.8. The Morgan fingerprint density at radius 2 is 1.58 bits per heavy atom. The molecule has 1 atom stereocenters. The number of likely N-dealkylation sites (tertiary alicyclic amines) is 2. The number of nitrogens with zero attached hydrogens (tertiary/aromatic N) is 8. The Kier molecular flexibility index (Phi) is 14.4. The van der Waals surface area contributed by atoms with Gasteiger partial charge in [-0.3, -0.25) is 34.1 Å². The smallest absolute Gasteiger partial charge is 0.257 e. The number of aromatic nitrogens is 3. The largest absolute Gasteiger partial charge is 0.371 e. The molecule has 2 N–H and O–H groups in total. The number of carbonyl (C=O) groups excluding carboxylic acids is 6. The van der Waals surface area contributed by atoms with Crippen molar-refractivity contribution in [3.63, 3.8) is 0 Å². The van der Waals surface area contributed by atoms with Gasteiger partial charge in [-0.1, -0.05) is 42.8 Å². The fourth-order valence-electron chi connectivity index (χ4n) is 13.8. The molecule has 0 bridgehead atoms. The van der Waals surface area contributed by atoms with Crippen molar-refractivity contribution in [1.82, 2.24) is 34.6 Å². The van der Waals surface area contributed by atoms with E-state index in [1.165, 1.54) is 31.2 Å². The summed E-state index contributed by atoms with van der Waals surface area (Å²) in [4.78, 5) is 101. The molecule has 5 amide bonds. The Morgan fingerprint density at radius 3 is 2.31 bits per heavy atom. The van der Waals surface area contributed by atoms with E-state index in [0.29, 0.717) is 79.8 Å². The summed E-state index contributed by atoms with van der Waals surface area (Å²) in [6, 6.07) is 24.5. The van der Waals surface area contributed by atoms with Crippen LogP contribution in [-0.2, 0) is 19.8 Å². The molecule has 16 nitrogen and oxygen atoms in total. The molecule has 5 fully saturated rings. The average Bonchev–Trinajstić information content (AvgIpc) is 4.14. The average molecular weight is 1100 g/mol. The van der Waals surface area contributed by atoms with Crippen LogP contribution in [0.1, 0.15) is 150 Å². The summed E-state index contributed by atoms with van der Waals surface area (Å²) in [6.45, 7) is 12.3. The molecule has 1 aliphatic carbocycles. The molecule has 7 heterocycles. The van der Waals surface area contributed by atoms with E-state index in [1.807, 2.05) is 59.7 Å². The minimum absolute atomic E-state index is 0.0481. The summed E-state index contributed by atoms with van der Waals surface area (Å²) in [6.07, 6.45) is 10.8. The van der Waals surface area contributed by atoms with Crippen LogP contribution in [0.3, 0.4) is 0 Å². The van der Waals surface area contributed by atoms with Crippen molar-refractivity contribution in [2.45, 2.75) is 134 Å². The Hall–Kier alpha value is -7.79. The number of nitrogens with one attached hydrogen (secondary N) is 2. The summed E-state index contributed by atoms with van der Waals surface area (Å²) < 4.78 is 17.6. The zero-order valence-electron chi connectivity index (χ0n) is 47.0. The van der Waals surface area contributed by atoms with Gasteiger partial charge in [-0.15, -0.1) is 0 Å². The number of benzene rings is 4. The number of imidazole rings is 1. The molecule has 6 aromatic rings. The number of piperidine rings is 4. The van der Waals surface area contributed by atoms with Gasteiger partial charge in [0.1, 0.15) is 17.4 Å². The number of imide groups is 1. The number of fused-ring (bicyclic) bond motifs is 3. The Morgan fingerprint density at radius 1 is 0.840 bits per heavy atom. The maximum Gasteiger partial charge on any atom is 0.257 e. The van der Waals surface area contributed by atoms with Crippen LogP contribution in [0.25, 0.3) is 22.3 Å². The zero-order chi connectivity index (χ0) is 56.4. The third-order valence-corrected chi connectivity index (χ3v) is 18.8. The number of carbonyl (C=O) groups is 6. The Bertz CT molecular complexity index is 3510. The number of halogens is 1. The van der Waals surface area contributed by atoms with Crippen LogP contribution in [-0.4, -0.2) is 129 Å². The normalized spacial score (nSPS) is 21.3. The van der Waals surface area contributed by atoms with Crippen LogP contribution in [0.15, 0.2) is 85.2 Å². The number of hydrogen-bond donors (Lipinski definition) is 2. The molecule has 5 aliphatic heterocycles. The highest BCUT2D eigenvalue weighted by atomic mass is 19.1. The highest BCUT2D eigenvalue weighted by molar-refractivity contribution is 6.11. The first-order valence-electron chi connectivity index (χ1n) is 29.1. The molecular formula is C64H71FN10O6. The first-order chi connectivity index (χ1) is 39.1. The number of anilines is 4. The Labute approximate surface area is 472 Å². The predicted molar refractivity (Wildman–Crippen MR) is 310 cm³/mol. The van der Waals surface area contributed by atoms with Crippen molar-refractivity contribution >= 4 is 69.7 Å². The molecule has 420 valence electrons. The van der Waals surface area contributed by atoms with Gasteiger partial charge in [0.2, 0.25) is 17.7 Å². The maximum atomic E-state index is 15.6. The third kappa shape index (κ3) is 9.74. The summed E-state index contributed by atoms with van der Waals surface area (Å²) >= 11 is 0. The second-order valence-electron chi connectivity index (χ2n) is 23.8. The lowest BCUT2D eigenvalue weighted by molar-refractivity contribution is -0.136. The Balaban J connectivity index is 0.776. The fraction of sp³-hybridized carbons (Fsp3) is 0.438. The van der Waals surface area contributed by atoms with Crippen LogP contribution >= 0.6 is 0 Å². The van der Waals surface area contributed by atoms with Crippen molar-refractivity contribution in [3.8, 4) is 11.3 Å². The lowest BCUT2D eigenvalue weighted by Crippen LogP contribution is -2.58. The second-order valence-corrected chi connectivity index (χ2v) is 23.8. The summed E-state index contributed by atoms with van der Waals surface area (Å²) in [5, 5.41) is 5.67. The van der Waals surface area contributed by atoms with E-state index in [1.54, 1.807) is 24.5 Å². The molecule has 17 heteroatoms. The second kappa shape index (κ2) is 21.6. The van der Waals surface area contributed by atoms with Crippen LogP contribution in [0, 0.1) is 19.7 Å². The van der Waals surface area contributed by atoms with E-state index in [0.717, 1.165) is 83.3 Å². The van der Waals surface area contributed by atoms with E-state index in [2.05, 4.69) is 63.4 Å². The van der Waals surface area contributed by atoms with Gasteiger partial charge in [0.15, 0.2) is 12.1 Å². The lowest BCUT2D eigenvalue weighted by atomic mass is 9.73. The zero-order valence-corrected chi connectivity index (χ0v) is 47.0. The molecule has 1 unspecified atom stereocenters. The summed E-state index contributed by atoms with van der Waals surface area (Å²) in [7, 11) is 1.53. The van der Waals surface area contributed by atoms with Crippen LogP contribution in [0.2, 0.25) is 0 Å². The number of rotatable bonds is 12. The molecule has 2 aromatic heterocycles. The van der Waals surface area contributed by atoms with E-state index in [4.69, 9.17) is 9.97 Å². The van der Waals surface area contributed by atoms with E-state index in [9.17, 15) is 24.0 Å². The molecule has 4 saturated heterocycles. The van der Waals surface area contributed by atoms with Crippen molar-refractivity contribution in [1.29, 1.82) is 0 Å². The van der Waals surface area contributed by atoms with Gasteiger partial charge in [0.05, 0.1) is 39.9 Å². The van der Waals surface area contributed by atoms with Gasteiger partial charge in [-0.25, -0.2) is 14.4 Å². The first-order valence-corrected chi connectivity index (χ1v) is 29.1.